The van der Waals surface area contributed by atoms with E-state index in [4.69, 9.17) is 11.5 Å². The van der Waals surface area contributed by atoms with Crippen molar-refractivity contribution in [2.24, 2.45) is 17.4 Å². The van der Waals surface area contributed by atoms with Crippen molar-refractivity contribution in [2.45, 2.75) is 17.7 Å². The third-order valence-electron chi connectivity index (χ3n) is 3.70. The second-order valence-electron chi connectivity index (χ2n) is 5.12. The molecular weight excluding hydrogens is 358 g/mol. The van der Waals surface area contributed by atoms with E-state index < -0.39 is 15.9 Å². The van der Waals surface area contributed by atoms with E-state index in [1.807, 2.05) is 0 Å². The van der Waals surface area contributed by atoms with Crippen molar-refractivity contribution in [1.82, 2.24) is 4.31 Å². The van der Waals surface area contributed by atoms with Crippen LogP contribution in [-0.2, 0) is 10.0 Å². The molecule has 0 spiro atoms. The van der Waals surface area contributed by atoms with Gasteiger partial charge in [-0.3, -0.25) is 4.79 Å². The zero-order valence-corrected chi connectivity index (χ0v) is 13.9. The fourth-order valence-corrected chi connectivity index (χ4v) is 4.57. The monoisotopic (exact) mass is 375 g/mol. The van der Waals surface area contributed by atoms with Gasteiger partial charge in [-0.2, -0.15) is 4.31 Å². The fourth-order valence-electron chi connectivity index (χ4n) is 2.39. The molecule has 0 aliphatic carbocycles. The van der Waals surface area contributed by atoms with E-state index in [-0.39, 0.29) is 10.5 Å². The molecule has 2 rings (SSSR count). The summed E-state index contributed by atoms with van der Waals surface area (Å²) >= 11 is 3.21. The van der Waals surface area contributed by atoms with Crippen LogP contribution in [0.5, 0.6) is 0 Å². The third-order valence-corrected chi connectivity index (χ3v) is 6.03. The molecule has 1 amide bonds. The molecule has 116 valence electrons. The van der Waals surface area contributed by atoms with E-state index in [2.05, 4.69) is 15.9 Å². The van der Waals surface area contributed by atoms with E-state index in [0.29, 0.717) is 30.0 Å². The normalized spacial score (nSPS) is 17.8. The molecule has 21 heavy (non-hydrogen) atoms. The lowest BCUT2D eigenvalue weighted by molar-refractivity contribution is 0.1000. The van der Waals surface area contributed by atoms with E-state index in [0.717, 1.165) is 12.8 Å². The van der Waals surface area contributed by atoms with Crippen LogP contribution >= 0.6 is 15.9 Å². The van der Waals surface area contributed by atoms with Crippen LogP contribution in [0.15, 0.2) is 27.6 Å². The Labute approximate surface area is 132 Å². The summed E-state index contributed by atoms with van der Waals surface area (Å²) in [4.78, 5) is 11.3. The van der Waals surface area contributed by atoms with Crippen LogP contribution in [0, 0.1) is 5.92 Å². The number of carbonyl (C=O) groups is 1. The summed E-state index contributed by atoms with van der Waals surface area (Å²) < 4.78 is 27.2. The highest BCUT2D eigenvalue weighted by atomic mass is 79.9. The van der Waals surface area contributed by atoms with E-state index in [1.54, 1.807) is 0 Å². The Balaban J connectivity index is 2.30. The first-order chi connectivity index (χ1) is 9.84. The molecular formula is C13H18BrN3O3S. The van der Waals surface area contributed by atoms with Gasteiger partial charge in [-0.1, -0.05) is 15.9 Å². The second-order valence-corrected chi connectivity index (χ2v) is 7.98. The van der Waals surface area contributed by atoms with Gasteiger partial charge < -0.3 is 11.5 Å². The summed E-state index contributed by atoms with van der Waals surface area (Å²) in [6.07, 6.45) is 1.51. The van der Waals surface area contributed by atoms with Gasteiger partial charge in [0.2, 0.25) is 15.9 Å². The molecule has 1 fully saturated rings. The topological polar surface area (TPSA) is 106 Å². The number of rotatable bonds is 4. The number of hydrogen-bond acceptors (Lipinski definition) is 4. The maximum Gasteiger partial charge on any atom is 0.248 e. The quantitative estimate of drug-likeness (QED) is 0.815. The molecule has 0 bridgehead atoms. The Morgan fingerprint density at radius 3 is 2.43 bits per heavy atom. The lowest BCUT2D eigenvalue weighted by atomic mass is 9.99. The Kier molecular flexibility index (Phi) is 5.03. The molecule has 1 aliphatic rings. The van der Waals surface area contributed by atoms with Crippen molar-refractivity contribution in [3.05, 3.63) is 28.2 Å². The van der Waals surface area contributed by atoms with Gasteiger partial charge in [-0.05, 0) is 43.5 Å². The van der Waals surface area contributed by atoms with Gasteiger partial charge in [-0.25, -0.2) is 8.42 Å². The Hall–Kier alpha value is -0.960. The molecule has 1 heterocycles. The molecule has 1 aromatic rings. The number of primary amides is 1. The maximum atomic E-state index is 12.6. The largest absolute Gasteiger partial charge is 0.366 e. The third kappa shape index (κ3) is 3.63. The van der Waals surface area contributed by atoms with Crippen molar-refractivity contribution >= 4 is 31.9 Å². The standard InChI is InChI=1S/C13H18BrN3O3S/c14-11-5-10(13(16)18)6-12(7-11)21(19,20)17-3-1-9(8-15)2-4-17/h5-7,9H,1-4,8,15H2,(H2,16,18). The average Bonchev–Trinajstić information content (AvgIpc) is 2.46. The highest BCUT2D eigenvalue weighted by Gasteiger charge is 2.29. The lowest BCUT2D eigenvalue weighted by Crippen LogP contribution is -2.40. The van der Waals surface area contributed by atoms with Gasteiger partial charge in [0.1, 0.15) is 0 Å². The van der Waals surface area contributed by atoms with Gasteiger partial charge in [0.15, 0.2) is 0 Å². The molecule has 1 aromatic carbocycles. The van der Waals surface area contributed by atoms with Crippen LogP contribution in [0.1, 0.15) is 23.2 Å². The van der Waals surface area contributed by atoms with Crippen molar-refractivity contribution in [3.63, 3.8) is 0 Å². The van der Waals surface area contributed by atoms with E-state index in [9.17, 15) is 13.2 Å². The minimum absolute atomic E-state index is 0.0804. The number of benzene rings is 1. The zero-order chi connectivity index (χ0) is 15.6. The number of amides is 1. The summed E-state index contributed by atoms with van der Waals surface area (Å²) in [7, 11) is -3.62. The lowest BCUT2D eigenvalue weighted by Gasteiger charge is -2.30. The fraction of sp³-hybridized carbons (Fsp3) is 0.462. The minimum Gasteiger partial charge on any atom is -0.366 e. The smallest absolute Gasteiger partial charge is 0.248 e. The van der Waals surface area contributed by atoms with Gasteiger partial charge in [0.25, 0.3) is 0 Å². The number of sulfonamides is 1. The van der Waals surface area contributed by atoms with Gasteiger partial charge >= 0.3 is 0 Å². The van der Waals surface area contributed by atoms with E-state index in [1.165, 1.54) is 22.5 Å². The number of carbonyl (C=O) groups excluding carboxylic acids is 1. The van der Waals surface area contributed by atoms with E-state index >= 15 is 0 Å². The molecule has 0 unspecified atom stereocenters. The summed E-state index contributed by atoms with van der Waals surface area (Å²) in [5.41, 5.74) is 11.0. The average molecular weight is 376 g/mol. The first kappa shape index (κ1) is 16.4. The van der Waals surface area contributed by atoms with Crippen molar-refractivity contribution in [3.8, 4) is 0 Å². The first-order valence-electron chi connectivity index (χ1n) is 6.65. The first-order valence-corrected chi connectivity index (χ1v) is 8.88. The number of nitrogens with two attached hydrogens (primary N) is 2. The Bertz CT molecular complexity index is 640. The summed E-state index contributed by atoms with van der Waals surface area (Å²) in [6.45, 7) is 1.47. The summed E-state index contributed by atoms with van der Waals surface area (Å²) in [5, 5.41) is 0. The van der Waals surface area contributed by atoms with Gasteiger partial charge in [-0.15, -0.1) is 0 Å². The number of nitrogens with zero attached hydrogens (tertiary/aromatic N) is 1. The summed E-state index contributed by atoms with van der Waals surface area (Å²) in [6, 6.07) is 4.30. The molecule has 6 nitrogen and oxygen atoms in total. The number of piperidine rings is 1. The van der Waals surface area contributed by atoms with Crippen molar-refractivity contribution in [1.29, 1.82) is 0 Å². The number of hydrogen-bond donors (Lipinski definition) is 2. The second kappa shape index (κ2) is 6.43. The van der Waals surface area contributed by atoms with Gasteiger partial charge in [0, 0.05) is 23.1 Å². The molecule has 8 heteroatoms. The van der Waals surface area contributed by atoms with Gasteiger partial charge in [0.05, 0.1) is 4.90 Å². The Morgan fingerprint density at radius 2 is 1.90 bits per heavy atom. The summed E-state index contributed by atoms with van der Waals surface area (Å²) in [5.74, 6) is -0.283. The molecule has 0 atom stereocenters. The number of halogens is 1. The minimum atomic E-state index is -3.62. The molecule has 0 radical (unpaired) electrons. The van der Waals surface area contributed by atoms with Crippen molar-refractivity contribution < 1.29 is 13.2 Å². The van der Waals surface area contributed by atoms with Crippen LogP contribution in [0.4, 0.5) is 0 Å². The molecule has 1 aliphatic heterocycles. The van der Waals surface area contributed by atoms with Crippen LogP contribution < -0.4 is 11.5 Å². The highest BCUT2D eigenvalue weighted by molar-refractivity contribution is 9.10. The predicted octanol–water partition coefficient (Wildman–Crippen LogP) is 0.907. The van der Waals surface area contributed by atoms with Crippen LogP contribution in [0.3, 0.4) is 0 Å². The molecule has 0 aromatic heterocycles. The SMILES string of the molecule is NCC1CCN(S(=O)(=O)c2cc(Br)cc(C(N)=O)c2)CC1. The zero-order valence-electron chi connectivity index (χ0n) is 11.5. The molecule has 4 N–H and O–H groups in total. The predicted molar refractivity (Wildman–Crippen MR) is 83.2 cm³/mol. The van der Waals surface area contributed by atoms with Crippen molar-refractivity contribution in [2.75, 3.05) is 19.6 Å². The Morgan fingerprint density at radius 1 is 1.29 bits per heavy atom. The maximum absolute atomic E-state index is 12.6. The molecule has 0 saturated carbocycles. The molecule has 1 saturated heterocycles. The van der Waals surface area contributed by atoms with Crippen LogP contribution in [-0.4, -0.2) is 38.3 Å². The highest BCUT2D eigenvalue weighted by Crippen LogP contribution is 2.26. The van der Waals surface area contributed by atoms with Crippen LogP contribution in [0.2, 0.25) is 0 Å². The van der Waals surface area contributed by atoms with Crippen LogP contribution in [0.25, 0.3) is 0 Å².